The van der Waals surface area contributed by atoms with Gasteiger partial charge in [-0.1, -0.05) is 0 Å². The Kier molecular flexibility index (Phi) is 2.19. The van der Waals surface area contributed by atoms with E-state index in [-0.39, 0.29) is 6.54 Å². The van der Waals surface area contributed by atoms with Gasteiger partial charge in [-0.15, -0.1) is 0 Å². The van der Waals surface area contributed by atoms with Crippen LogP contribution in [0.3, 0.4) is 0 Å². The van der Waals surface area contributed by atoms with Crippen molar-refractivity contribution in [3.05, 3.63) is 0 Å². The number of amides is 1. The molecule has 0 radical (unpaired) electrons. The Balaban J connectivity index is 2.40. The van der Waals surface area contributed by atoms with Crippen molar-refractivity contribution in [3.8, 4) is 0 Å². The Bertz CT molecular complexity index is 243. The van der Waals surface area contributed by atoms with Gasteiger partial charge in [0.25, 0.3) is 0 Å². The second kappa shape index (κ2) is 2.90. The molecule has 1 fully saturated rings. The van der Waals surface area contributed by atoms with Crippen LogP contribution in [0.2, 0.25) is 0 Å². The summed E-state index contributed by atoms with van der Waals surface area (Å²) in [5.74, 6) is -0.981. The molecular weight excluding hydrogens is 174 g/mol. The van der Waals surface area contributed by atoms with E-state index >= 15 is 0 Å². The minimum absolute atomic E-state index is 0.254. The van der Waals surface area contributed by atoms with Crippen LogP contribution in [-0.2, 0) is 9.53 Å². The molecule has 74 valence electrons. The minimum atomic E-state index is -0.981. The van der Waals surface area contributed by atoms with Gasteiger partial charge in [-0.25, -0.2) is 9.59 Å². The summed E-state index contributed by atoms with van der Waals surface area (Å²) in [6, 6.07) is -0.685. The van der Waals surface area contributed by atoms with E-state index in [9.17, 15) is 9.59 Å². The summed E-state index contributed by atoms with van der Waals surface area (Å²) < 4.78 is 4.97. The molecule has 13 heavy (non-hydrogen) atoms. The third-order valence-corrected chi connectivity index (χ3v) is 1.53. The monoisotopic (exact) mass is 187 g/mol. The van der Waals surface area contributed by atoms with Crippen LogP contribution >= 0.6 is 0 Å². The second-order valence-corrected chi connectivity index (χ2v) is 3.99. The second-order valence-electron chi connectivity index (χ2n) is 3.99. The van der Waals surface area contributed by atoms with E-state index in [1.807, 2.05) is 0 Å². The van der Waals surface area contributed by atoms with Crippen LogP contribution in [0.1, 0.15) is 20.8 Å². The minimum Gasteiger partial charge on any atom is -0.480 e. The Morgan fingerprint density at radius 1 is 1.46 bits per heavy atom. The fourth-order valence-corrected chi connectivity index (χ4v) is 0.873. The maximum absolute atomic E-state index is 11.2. The molecule has 1 N–H and O–H groups in total. The van der Waals surface area contributed by atoms with Crippen molar-refractivity contribution < 1.29 is 19.4 Å². The summed E-state index contributed by atoms with van der Waals surface area (Å²) in [6.07, 6.45) is -0.556. The number of carbonyl (C=O) groups excluding carboxylic acids is 1. The fourth-order valence-electron chi connectivity index (χ4n) is 0.873. The maximum Gasteiger partial charge on any atom is 0.411 e. The summed E-state index contributed by atoms with van der Waals surface area (Å²) in [7, 11) is 0. The average Bonchev–Trinajstić information content (AvgIpc) is 2.58. The molecule has 0 aromatic heterocycles. The van der Waals surface area contributed by atoms with Gasteiger partial charge < -0.3 is 9.84 Å². The molecule has 1 amide bonds. The van der Waals surface area contributed by atoms with Crippen molar-refractivity contribution in [1.29, 1.82) is 0 Å². The molecular formula is C8H13NO4. The Labute approximate surface area is 76.3 Å². The molecule has 1 heterocycles. The predicted molar refractivity (Wildman–Crippen MR) is 44.4 cm³/mol. The highest BCUT2D eigenvalue weighted by molar-refractivity contribution is 5.85. The molecule has 1 atom stereocenters. The molecule has 1 rings (SSSR count). The van der Waals surface area contributed by atoms with E-state index in [2.05, 4.69) is 0 Å². The van der Waals surface area contributed by atoms with Gasteiger partial charge in [0.2, 0.25) is 0 Å². The van der Waals surface area contributed by atoms with Gasteiger partial charge in [0.1, 0.15) is 5.60 Å². The third-order valence-electron chi connectivity index (χ3n) is 1.53. The predicted octanol–water partition coefficient (Wildman–Crippen LogP) is 0.690. The number of ether oxygens (including phenoxy) is 1. The number of hydrogen-bond donors (Lipinski definition) is 1. The first-order chi connectivity index (χ1) is 5.81. The fraction of sp³-hybridized carbons (Fsp3) is 0.750. The lowest BCUT2D eigenvalue weighted by Gasteiger charge is -2.19. The zero-order valence-electron chi connectivity index (χ0n) is 7.90. The van der Waals surface area contributed by atoms with Gasteiger partial charge in [0.05, 0.1) is 6.54 Å². The highest BCUT2D eigenvalue weighted by Crippen LogP contribution is 2.21. The Morgan fingerprint density at radius 3 is 2.31 bits per heavy atom. The van der Waals surface area contributed by atoms with E-state index in [0.29, 0.717) is 0 Å². The van der Waals surface area contributed by atoms with Gasteiger partial charge in [-0.05, 0) is 20.8 Å². The first-order valence-corrected chi connectivity index (χ1v) is 4.04. The molecule has 0 bridgehead atoms. The molecule has 0 aromatic rings. The lowest BCUT2D eigenvalue weighted by Crippen LogP contribution is -2.29. The molecule has 0 spiro atoms. The van der Waals surface area contributed by atoms with Gasteiger partial charge in [-0.3, -0.25) is 4.90 Å². The topological polar surface area (TPSA) is 66.6 Å². The molecule has 1 aliphatic heterocycles. The van der Waals surface area contributed by atoms with Crippen molar-refractivity contribution >= 4 is 12.1 Å². The summed E-state index contributed by atoms with van der Waals surface area (Å²) in [4.78, 5) is 22.7. The van der Waals surface area contributed by atoms with E-state index in [1.165, 1.54) is 4.90 Å². The van der Waals surface area contributed by atoms with Gasteiger partial charge in [0.15, 0.2) is 6.04 Å². The Hall–Kier alpha value is -1.26. The number of rotatable bonds is 1. The summed E-state index contributed by atoms with van der Waals surface area (Å²) >= 11 is 0. The molecule has 5 heteroatoms. The summed E-state index contributed by atoms with van der Waals surface area (Å²) in [5.41, 5.74) is -0.567. The van der Waals surface area contributed by atoms with Crippen LogP contribution in [0.25, 0.3) is 0 Å². The van der Waals surface area contributed by atoms with Crippen molar-refractivity contribution in [2.45, 2.75) is 32.4 Å². The highest BCUT2D eigenvalue weighted by Gasteiger charge is 2.46. The normalized spacial score (nSPS) is 21.2. The molecule has 0 saturated carbocycles. The molecule has 0 aliphatic carbocycles. The molecule has 0 unspecified atom stereocenters. The number of carboxylic acid groups (broad SMARTS) is 1. The van der Waals surface area contributed by atoms with E-state index in [4.69, 9.17) is 9.84 Å². The number of carbonyl (C=O) groups is 2. The lowest BCUT2D eigenvalue weighted by molar-refractivity contribution is -0.137. The van der Waals surface area contributed by atoms with Crippen LogP contribution in [0.5, 0.6) is 0 Å². The smallest absolute Gasteiger partial charge is 0.411 e. The average molecular weight is 187 g/mol. The SMILES string of the molecule is CC(C)(C)OC(=O)N1C[C@@H]1C(=O)O. The number of nitrogens with zero attached hydrogens (tertiary/aromatic N) is 1. The zero-order valence-corrected chi connectivity index (χ0v) is 7.90. The molecule has 1 aliphatic rings. The van der Waals surface area contributed by atoms with E-state index in [0.717, 1.165) is 0 Å². The van der Waals surface area contributed by atoms with Crippen LogP contribution in [0.15, 0.2) is 0 Å². The van der Waals surface area contributed by atoms with Crippen molar-refractivity contribution in [2.24, 2.45) is 0 Å². The van der Waals surface area contributed by atoms with E-state index in [1.54, 1.807) is 20.8 Å². The van der Waals surface area contributed by atoms with Crippen LogP contribution in [0, 0.1) is 0 Å². The summed E-state index contributed by atoms with van der Waals surface area (Å²) in [6.45, 7) is 5.47. The third kappa shape index (κ3) is 2.61. The zero-order chi connectivity index (χ0) is 10.2. The van der Waals surface area contributed by atoms with Crippen LogP contribution in [-0.4, -0.2) is 40.3 Å². The quantitative estimate of drug-likeness (QED) is 0.613. The molecule has 1 saturated heterocycles. The number of aliphatic carboxylic acids is 1. The standard InChI is InChI=1S/C8H13NO4/c1-8(2,3)13-7(12)9-4-5(9)6(10)11/h5H,4H2,1-3H3,(H,10,11)/t5-,9?/m1/s1. The van der Waals surface area contributed by atoms with Crippen molar-refractivity contribution in [2.75, 3.05) is 6.54 Å². The first-order valence-electron chi connectivity index (χ1n) is 4.04. The van der Waals surface area contributed by atoms with Crippen molar-refractivity contribution in [1.82, 2.24) is 4.90 Å². The summed E-state index contributed by atoms with van der Waals surface area (Å²) in [5, 5.41) is 8.52. The molecule has 5 nitrogen and oxygen atoms in total. The number of carboxylic acids is 1. The largest absolute Gasteiger partial charge is 0.480 e. The van der Waals surface area contributed by atoms with Crippen molar-refractivity contribution in [3.63, 3.8) is 0 Å². The maximum atomic E-state index is 11.2. The first kappa shape index (κ1) is 9.83. The van der Waals surface area contributed by atoms with Crippen LogP contribution < -0.4 is 0 Å². The van der Waals surface area contributed by atoms with Crippen LogP contribution in [0.4, 0.5) is 4.79 Å². The van der Waals surface area contributed by atoms with E-state index < -0.39 is 23.7 Å². The van der Waals surface area contributed by atoms with Gasteiger partial charge in [0, 0.05) is 0 Å². The molecule has 0 aromatic carbocycles. The van der Waals surface area contributed by atoms with Gasteiger partial charge >= 0.3 is 12.1 Å². The Morgan fingerprint density at radius 2 is 2.00 bits per heavy atom. The number of hydrogen-bond acceptors (Lipinski definition) is 3. The highest BCUT2D eigenvalue weighted by atomic mass is 16.6. The van der Waals surface area contributed by atoms with Gasteiger partial charge in [-0.2, -0.15) is 0 Å². The lowest BCUT2D eigenvalue weighted by atomic mass is 10.2.